The lowest BCUT2D eigenvalue weighted by Crippen LogP contribution is -2.17. The maximum atomic E-state index is 11.5. The van der Waals surface area contributed by atoms with E-state index in [0.29, 0.717) is 17.1 Å². The van der Waals surface area contributed by atoms with Crippen molar-refractivity contribution < 1.29 is 23.8 Å². The van der Waals surface area contributed by atoms with E-state index in [1.165, 1.54) is 13.2 Å². The van der Waals surface area contributed by atoms with E-state index in [0.717, 1.165) is 0 Å². The monoisotopic (exact) mass is 350 g/mol. The molecular formula is C13H16Cl2N2O5. The quantitative estimate of drug-likeness (QED) is 0.737. The van der Waals surface area contributed by atoms with Gasteiger partial charge in [-0.3, -0.25) is 10.6 Å². The molecule has 0 atom stereocenters. The number of alkyl halides is 2. The Morgan fingerprint density at radius 2 is 1.41 bits per heavy atom. The van der Waals surface area contributed by atoms with Crippen LogP contribution in [0.2, 0.25) is 0 Å². The Morgan fingerprint density at radius 3 is 1.77 bits per heavy atom. The molecule has 0 heterocycles. The number of hydrogen-bond donors (Lipinski definition) is 2. The third-order valence-corrected chi connectivity index (χ3v) is 2.56. The van der Waals surface area contributed by atoms with E-state index in [1.54, 1.807) is 12.1 Å². The van der Waals surface area contributed by atoms with Gasteiger partial charge in [0.2, 0.25) is 0 Å². The Balaban J connectivity index is 2.75. The lowest BCUT2D eigenvalue weighted by Gasteiger charge is -2.11. The molecule has 0 unspecified atom stereocenters. The van der Waals surface area contributed by atoms with Gasteiger partial charge in [-0.25, -0.2) is 9.59 Å². The molecule has 0 saturated carbocycles. The average Bonchev–Trinajstić information content (AvgIpc) is 2.50. The number of amides is 2. The number of hydrogen-bond acceptors (Lipinski definition) is 5. The van der Waals surface area contributed by atoms with Crippen LogP contribution in [0, 0.1) is 0 Å². The molecule has 0 aromatic heterocycles. The first-order chi connectivity index (χ1) is 10.6. The molecule has 2 N–H and O–H groups in total. The van der Waals surface area contributed by atoms with Crippen molar-refractivity contribution in [3.8, 4) is 5.75 Å². The van der Waals surface area contributed by atoms with Crippen molar-refractivity contribution in [1.82, 2.24) is 0 Å². The van der Waals surface area contributed by atoms with Crippen molar-refractivity contribution >= 4 is 46.8 Å². The van der Waals surface area contributed by atoms with Gasteiger partial charge in [0, 0.05) is 23.5 Å². The predicted octanol–water partition coefficient (Wildman–Crippen LogP) is 3.27. The number of anilines is 2. The first-order valence-electron chi connectivity index (χ1n) is 6.27. The number of carbonyl (C=O) groups excluding carboxylic acids is 2. The summed E-state index contributed by atoms with van der Waals surface area (Å²) in [6, 6.07) is 4.65. The van der Waals surface area contributed by atoms with Crippen LogP contribution >= 0.6 is 23.2 Å². The van der Waals surface area contributed by atoms with E-state index in [9.17, 15) is 9.59 Å². The zero-order chi connectivity index (χ0) is 16.4. The second-order valence-electron chi connectivity index (χ2n) is 3.85. The van der Waals surface area contributed by atoms with Gasteiger partial charge in [0.25, 0.3) is 0 Å². The highest BCUT2D eigenvalue weighted by Gasteiger charge is 2.09. The van der Waals surface area contributed by atoms with E-state index < -0.39 is 12.2 Å². The van der Waals surface area contributed by atoms with E-state index >= 15 is 0 Å². The third kappa shape index (κ3) is 6.73. The molecule has 0 aliphatic heterocycles. The Morgan fingerprint density at radius 1 is 0.955 bits per heavy atom. The minimum absolute atomic E-state index is 0.0905. The average molecular weight is 351 g/mol. The maximum Gasteiger partial charge on any atom is 0.411 e. The number of ether oxygens (including phenoxy) is 3. The lowest BCUT2D eigenvalue weighted by atomic mass is 10.2. The highest BCUT2D eigenvalue weighted by atomic mass is 35.5. The smallest absolute Gasteiger partial charge is 0.411 e. The molecule has 1 aromatic rings. The molecule has 7 nitrogen and oxygen atoms in total. The second kappa shape index (κ2) is 9.97. The molecule has 0 aliphatic carbocycles. The van der Waals surface area contributed by atoms with Crippen LogP contribution in [0.15, 0.2) is 18.2 Å². The number of carbonyl (C=O) groups is 2. The van der Waals surface area contributed by atoms with Crippen molar-refractivity contribution in [2.45, 2.75) is 0 Å². The van der Waals surface area contributed by atoms with Gasteiger partial charge in [0.1, 0.15) is 19.0 Å². The zero-order valence-corrected chi connectivity index (χ0v) is 13.4. The van der Waals surface area contributed by atoms with Crippen molar-refractivity contribution in [1.29, 1.82) is 0 Å². The van der Waals surface area contributed by atoms with Gasteiger partial charge >= 0.3 is 12.2 Å². The summed E-state index contributed by atoms with van der Waals surface area (Å²) in [7, 11) is 1.46. The summed E-state index contributed by atoms with van der Waals surface area (Å²) in [5, 5.41) is 4.99. The summed E-state index contributed by atoms with van der Waals surface area (Å²) >= 11 is 10.8. The molecule has 1 aromatic carbocycles. The summed E-state index contributed by atoms with van der Waals surface area (Å²) in [6.07, 6.45) is -1.32. The summed E-state index contributed by atoms with van der Waals surface area (Å²) in [6.45, 7) is 0.181. The maximum absolute atomic E-state index is 11.5. The van der Waals surface area contributed by atoms with Gasteiger partial charge in [-0.05, 0) is 6.07 Å². The highest BCUT2D eigenvalue weighted by Crippen LogP contribution is 2.24. The van der Waals surface area contributed by atoms with Crippen LogP contribution in [-0.4, -0.2) is 44.3 Å². The first-order valence-corrected chi connectivity index (χ1v) is 7.34. The SMILES string of the molecule is COc1cc(NC(=O)OCCCl)cc(NC(=O)OCCCl)c1. The normalized spacial score (nSPS) is 9.77. The molecule has 0 fully saturated rings. The van der Waals surface area contributed by atoms with Gasteiger partial charge in [0.15, 0.2) is 0 Å². The number of benzene rings is 1. The Hall–Kier alpha value is -1.86. The standard InChI is InChI=1S/C13H16Cl2N2O5/c1-20-11-7-9(16-12(18)21-4-2-14)6-10(8-11)17-13(19)22-5-3-15/h6-8H,2-5H2,1H3,(H,16,18)(H,17,19). The molecule has 0 radical (unpaired) electrons. The number of methoxy groups -OCH3 is 1. The van der Waals surface area contributed by atoms with E-state index in [4.69, 9.17) is 37.4 Å². The molecule has 0 aliphatic rings. The van der Waals surface area contributed by atoms with Gasteiger partial charge in [-0.15, -0.1) is 23.2 Å². The lowest BCUT2D eigenvalue weighted by molar-refractivity contribution is 0.168. The summed E-state index contributed by atoms with van der Waals surface area (Å²) < 4.78 is 14.7. The van der Waals surface area contributed by atoms with Gasteiger partial charge < -0.3 is 14.2 Å². The Labute approximate surface area is 137 Å². The molecule has 122 valence electrons. The minimum atomic E-state index is -0.662. The van der Waals surface area contributed by atoms with E-state index in [2.05, 4.69) is 10.6 Å². The Bertz CT molecular complexity index is 473. The van der Waals surface area contributed by atoms with Crippen LogP contribution in [-0.2, 0) is 9.47 Å². The molecule has 22 heavy (non-hydrogen) atoms. The van der Waals surface area contributed by atoms with Crippen LogP contribution in [0.4, 0.5) is 21.0 Å². The Kier molecular flexibility index (Phi) is 8.24. The first kappa shape index (κ1) is 18.2. The van der Waals surface area contributed by atoms with Crippen molar-refractivity contribution in [3.05, 3.63) is 18.2 Å². The highest BCUT2D eigenvalue weighted by molar-refractivity contribution is 6.18. The predicted molar refractivity (Wildman–Crippen MR) is 84.4 cm³/mol. The minimum Gasteiger partial charge on any atom is -0.497 e. The van der Waals surface area contributed by atoms with Gasteiger partial charge in [-0.2, -0.15) is 0 Å². The fourth-order valence-corrected chi connectivity index (χ4v) is 1.59. The zero-order valence-electron chi connectivity index (χ0n) is 11.9. The molecule has 1 rings (SSSR count). The fourth-order valence-electron chi connectivity index (χ4n) is 1.43. The number of rotatable bonds is 7. The van der Waals surface area contributed by atoms with Crippen molar-refractivity contribution in [2.75, 3.05) is 42.7 Å². The molecule has 0 spiro atoms. The largest absolute Gasteiger partial charge is 0.497 e. The van der Waals surface area contributed by atoms with Gasteiger partial charge in [0.05, 0.1) is 18.9 Å². The molecule has 0 bridgehead atoms. The summed E-state index contributed by atoms with van der Waals surface area (Å²) in [5.41, 5.74) is 0.762. The topological polar surface area (TPSA) is 85.9 Å². The number of halogens is 2. The fraction of sp³-hybridized carbons (Fsp3) is 0.385. The van der Waals surface area contributed by atoms with E-state index in [-0.39, 0.29) is 25.0 Å². The summed E-state index contributed by atoms with van der Waals surface area (Å²) in [5.74, 6) is 0.831. The third-order valence-electron chi connectivity index (χ3n) is 2.26. The molecule has 2 amide bonds. The summed E-state index contributed by atoms with van der Waals surface area (Å²) in [4.78, 5) is 23.0. The van der Waals surface area contributed by atoms with Crippen molar-refractivity contribution in [3.63, 3.8) is 0 Å². The molecular weight excluding hydrogens is 335 g/mol. The van der Waals surface area contributed by atoms with Crippen LogP contribution in [0.1, 0.15) is 0 Å². The molecule has 0 saturated heterocycles. The van der Waals surface area contributed by atoms with Gasteiger partial charge in [-0.1, -0.05) is 0 Å². The van der Waals surface area contributed by atoms with E-state index in [1.807, 2.05) is 0 Å². The number of nitrogens with one attached hydrogen (secondary N) is 2. The van der Waals surface area contributed by atoms with Crippen LogP contribution in [0.25, 0.3) is 0 Å². The second-order valence-corrected chi connectivity index (χ2v) is 4.61. The van der Waals surface area contributed by atoms with Crippen LogP contribution in [0.3, 0.4) is 0 Å². The molecule has 9 heteroatoms. The van der Waals surface area contributed by atoms with Crippen molar-refractivity contribution in [2.24, 2.45) is 0 Å². The van der Waals surface area contributed by atoms with Crippen LogP contribution < -0.4 is 15.4 Å². The van der Waals surface area contributed by atoms with Crippen LogP contribution in [0.5, 0.6) is 5.75 Å².